The summed E-state index contributed by atoms with van der Waals surface area (Å²) >= 11 is 1.06. The van der Waals surface area contributed by atoms with Crippen molar-refractivity contribution in [3.63, 3.8) is 0 Å². The molecule has 0 saturated heterocycles. The van der Waals surface area contributed by atoms with E-state index in [9.17, 15) is 5.26 Å². The Labute approximate surface area is 106 Å². The van der Waals surface area contributed by atoms with Gasteiger partial charge in [0.1, 0.15) is 0 Å². The molecule has 0 radical (unpaired) electrons. The maximum Gasteiger partial charge on any atom is 1.00 e. The van der Waals surface area contributed by atoms with E-state index in [4.69, 9.17) is 0 Å². The third-order valence-corrected chi connectivity index (χ3v) is 0.653. The Kier molecular flexibility index (Phi) is 19.2. The zero-order chi connectivity index (χ0) is 6.95. The SMILES string of the molecule is CSOONCCO[O-].[K+]. The van der Waals surface area contributed by atoms with Crippen LogP contribution in [0.25, 0.3) is 0 Å². The van der Waals surface area contributed by atoms with Crippen LogP contribution in [0.4, 0.5) is 0 Å². The van der Waals surface area contributed by atoms with Gasteiger partial charge in [0.15, 0.2) is 0 Å². The summed E-state index contributed by atoms with van der Waals surface area (Å²) in [6.45, 7) is 0.363. The van der Waals surface area contributed by atoms with Gasteiger partial charge in [-0.15, -0.1) is 9.32 Å². The van der Waals surface area contributed by atoms with E-state index in [1.165, 1.54) is 0 Å². The van der Waals surface area contributed by atoms with Crippen LogP contribution in [0.5, 0.6) is 0 Å². The zero-order valence-corrected chi connectivity index (χ0v) is 9.90. The number of hydroxylamine groups is 1. The molecule has 0 heterocycles. The van der Waals surface area contributed by atoms with Crippen LogP contribution in [0.2, 0.25) is 0 Å². The first-order valence-electron chi connectivity index (χ1n) is 2.25. The van der Waals surface area contributed by atoms with Crippen molar-refractivity contribution in [3.8, 4) is 0 Å². The molecule has 56 valence electrons. The molecule has 0 atom stereocenters. The van der Waals surface area contributed by atoms with Crippen molar-refractivity contribution in [3.05, 3.63) is 0 Å². The van der Waals surface area contributed by atoms with E-state index in [-0.39, 0.29) is 58.0 Å². The van der Waals surface area contributed by atoms with Crippen LogP contribution in [-0.4, -0.2) is 19.4 Å². The van der Waals surface area contributed by atoms with Crippen molar-refractivity contribution in [2.24, 2.45) is 0 Å². The Morgan fingerprint density at radius 2 is 2.30 bits per heavy atom. The molecule has 0 bridgehead atoms. The van der Waals surface area contributed by atoms with Gasteiger partial charge in [0, 0.05) is 31.5 Å². The van der Waals surface area contributed by atoms with Gasteiger partial charge in [0.25, 0.3) is 0 Å². The fourth-order valence-electron chi connectivity index (χ4n) is 0.183. The van der Waals surface area contributed by atoms with Gasteiger partial charge < -0.3 is 10.1 Å². The number of hydrogen-bond donors (Lipinski definition) is 1. The molecule has 0 unspecified atom stereocenters. The molecule has 0 fully saturated rings. The molecule has 10 heavy (non-hydrogen) atoms. The van der Waals surface area contributed by atoms with Gasteiger partial charge >= 0.3 is 51.4 Å². The third kappa shape index (κ3) is 12.5. The summed E-state index contributed by atoms with van der Waals surface area (Å²) in [5, 5.41) is 9.32. The van der Waals surface area contributed by atoms with Gasteiger partial charge in [0.05, 0.1) is 0 Å². The van der Waals surface area contributed by atoms with E-state index in [0.717, 1.165) is 12.0 Å². The number of hydrogen-bond acceptors (Lipinski definition) is 6. The first-order valence-corrected chi connectivity index (χ1v) is 3.40. The van der Waals surface area contributed by atoms with Crippen molar-refractivity contribution in [1.82, 2.24) is 5.48 Å². The van der Waals surface area contributed by atoms with E-state index in [2.05, 4.69) is 19.7 Å². The Bertz CT molecular complexity index is 53.8. The predicted octanol–water partition coefficient (Wildman–Crippen LogP) is -3.99. The number of rotatable bonds is 6. The van der Waals surface area contributed by atoms with E-state index < -0.39 is 0 Å². The predicted molar refractivity (Wildman–Crippen MR) is 29.6 cm³/mol. The molecule has 0 aromatic carbocycles. The Hall–Kier alpha value is 1.79. The molecular formula is C3H8KNO4S. The van der Waals surface area contributed by atoms with Gasteiger partial charge in [-0.25, -0.2) is 0 Å². The molecule has 0 aromatic rings. The average Bonchev–Trinajstić information content (AvgIpc) is 1.89. The van der Waals surface area contributed by atoms with Crippen LogP contribution < -0.4 is 62.1 Å². The summed E-state index contributed by atoms with van der Waals surface area (Å²) in [6.07, 6.45) is 1.70. The summed E-state index contributed by atoms with van der Waals surface area (Å²) in [4.78, 5) is 7.75. The monoisotopic (exact) mass is 193 g/mol. The molecule has 0 aliphatic carbocycles. The molecule has 0 spiro atoms. The van der Waals surface area contributed by atoms with Crippen LogP contribution in [0, 0.1) is 0 Å². The molecule has 1 N–H and O–H groups in total. The maximum atomic E-state index is 9.32. The second kappa shape index (κ2) is 13.4. The second-order valence-electron chi connectivity index (χ2n) is 1.03. The molecule has 7 heteroatoms. The fourth-order valence-corrected chi connectivity index (χ4v) is 0.299. The Morgan fingerprint density at radius 1 is 1.60 bits per heavy atom. The smallest absolute Gasteiger partial charge is 0.723 e. The van der Waals surface area contributed by atoms with Crippen molar-refractivity contribution >= 4 is 12.0 Å². The van der Waals surface area contributed by atoms with Crippen LogP contribution in [0.1, 0.15) is 0 Å². The van der Waals surface area contributed by atoms with Gasteiger partial charge in [-0.3, -0.25) is 0 Å². The summed E-state index contributed by atoms with van der Waals surface area (Å²) in [5.41, 5.74) is 2.32. The minimum absolute atomic E-state index is 0. The zero-order valence-electron chi connectivity index (χ0n) is 5.96. The van der Waals surface area contributed by atoms with E-state index >= 15 is 0 Å². The van der Waals surface area contributed by atoms with Gasteiger partial charge in [0.2, 0.25) is 0 Å². The summed E-state index contributed by atoms with van der Waals surface area (Å²) in [6, 6.07) is 0. The molecule has 0 amide bonds. The Morgan fingerprint density at radius 3 is 2.80 bits per heavy atom. The molecule has 0 saturated carbocycles. The minimum Gasteiger partial charge on any atom is -0.723 e. The normalized spacial score (nSPS) is 9.00. The second-order valence-corrected chi connectivity index (χ2v) is 1.50. The van der Waals surface area contributed by atoms with Crippen molar-refractivity contribution in [2.75, 3.05) is 19.4 Å². The van der Waals surface area contributed by atoms with Crippen LogP contribution in [-0.2, 0) is 14.2 Å². The first kappa shape index (κ1) is 14.3. The molecule has 0 aliphatic rings. The first-order chi connectivity index (χ1) is 4.41. The largest absolute Gasteiger partial charge is 1.00 e. The summed E-state index contributed by atoms with van der Waals surface area (Å²) in [5.74, 6) is 0. The quantitative estimate of drug-likeness (QED) is 0.153. The van der Waals surface area contributed by atoms with Crippen LogP contribution in [0.15, 0.2) is 0 Å². The van der Waals surface area contributed by atoms with Crippen LogP contribution in [0.3, 0.4) is 0 Å². The van der Waals surface area contributed by atoms with Crippen molar-refractivity contribution < 1.29 is 70.9 Å². The molecular weight excluding hydrogens is 185 g/mol. The maximum absolute atomic E-state index is 9.32. The minimum atomic E-state index is 0. The Balaban J connectivity index is 0. The third-order valence-electron chi connectivity index (χ3n) is 0.448. The van der Waals surface area contributed by atoms with Gasteiger partial charge in [-0.05, 0) is 0 Å². The summed E-state index contributed by atoms with van der Waals surface area (Å²) < 4.78 is 4.33. The van der Waals surface area contributed by atoms with Gasteiger partial charge in [-0.1, -0.05) is 0 Å². The van der Waals surface area contributed by atoms with E-state index in [0.29, 0.717) is 6.54 Å². The summed E-state index contributed by atoms with van der Waals surface area (Å²) in [7, 11) is 0. The fraction of sp³-hybridized carbons (Fsp3) is 1.00. The molecule has 0 aliphatic heterocycles. The topological polar surface area (TPSA) is 62.8 Å². The van der Waals surface area contributed by atoms with E-state index in [1.807, 2.05) is 0 Å². The van der Waals surface area contributed by atoms with Crippen molar-refractivity contribution in [1.29, 1.82) is 0 Å². The van der Waals surface area contributed by atoms with E-state index in [1.54, 1.807) is 6.26 Å². The average molecular weight is 193 g/mol. The number of nitrogens with one attached hydrogen (secondary N) is 1. The van der Waals surface area contributed by atoms with Gasteiger partial charge in [-0.2, -0.15) is 5.48 Å². The molecule has 5 nitrogen and oxygen atoms in total. The molecule has 0 aromatic heterocycles. The van der Waals surface area contributed by atoms with Crippen molar-refractivity contribution in [2.45, 2.75) is 0 Å². The molecule has 0 rings (SSSR count). The standard InChI is InChI=1S/C3H9NO4S.K/c1-9-8-7-4-2-3-6-5;/h4-5H,2-3H2,1H3;/q;+1/p-1. The van der Waals surface area contributed by atoms with Crippen LogP contribution >= 0.6 is 12.0 Å².